The molecule has 0 spiro atoms. The van der Waals surface area contributed by atoms with Gasteiger partial charge in [0.25, 0.3) is 5.56 Å². The fourth-order valence-electron chi connectivity index (χ4n) is 6.26. The minimum absolute atomic E-state index is 0.0236. The molecule has 1 saturated heterocycles. The van der Waals surface area contributed by atoms with Crippen LogP contribution in [0.2, 0.25) is 10.0 Å². The number of methoxy groups -OCH3 is 1. The summed E-state index contributed by atoms with van der Waals surface area (Å²) < 4.78 is 12.9. The van der Waals surface area contributed by atoms with Gasteiger partial charge in [0.15, 0.2) is 6.29 Å². The van der Waals surface area contributed by atoms with Crippen molar-refractivity contribution in [2.24, 2.45) is 0 Å². The van der Waals surface area contributed by atoms with Crippen LogP contribution in [0, 0.1) is 0 Å². The summed E-state index contributed by atoms with van der Waals surface area (Å²) in [5.74, 6) is 0.366. The molecule has 1 N–H and O–H groups in total. The van der Waals surface area contributed by atoms with Gasteiger partial charge in [0, 0.05) is 58.5 Å². The van der Waals surface area contributed by atoms with Gasteiger partial charge in [-0.05, 0) is 70.4 Å². The number of aldehydes is 1. The van der Waals surface area contributed by atoms with Gasteiger partial charge in [0.2, 0.25) is 5.88 Å². The number of halogens is 2. The van der Waals surface area contributed by atoms with E-state index < -0.39 is 17.3 Å². The Morgan fingerprint density at radius 3 is 2.38 bits per heavy atom. The number of aromatic nitrogens is 3. The molecule has 1 fully saturated rings. The molecule has 0 unspecified atom stereocenters. The summed E-state index contributed by atoms with van der Waals surface area (Å²) in [6.45, 7) is 8.25. The van der Waals surface area contributed by atoms with Crippen LogP contribution in [0.5, 0.6) is 5.88 Å². The van der Waals surface area contributed by atoms with Crippen LogP contribution >= 0.6 is 23.2 Å². The molecule has 1 aliphatic heterocycles. The number of rotatable bonds is 9. The standard InChI is InChI=1S/C40H39Cl2N5O5/c1-6-27-14-15-28(44-27)22-46(39(50)52-40(2,3)4)21-25-13-16-33(45-37(25)51-5)32-12-8-11-31(36(32)42)30-10-7-9-29(35(30)41)24-17-18-47-34(19-24)43-20-26(23-48)38(47)49/h6-13,16-20,23,28,44H,14-15,21-22H2,1-5H3/t28-/m0/s1. The van der Waals surface area contributed by atoms with Crippen molar-refractivity contribution in [3.63, 3.8) is 0 Å². The van der Waals surface area contributed by atoms with Crippen LogP contribution in [0.15, 0.2) is 89.6 Å². The number of carbonyl (C=O) groups is 2. The molecular formula is C40H39Cl2N5O5. The Hall–Kier alpha value is -5.19. The molecule has 3 aromatic heterocycles. The van der Waals surface area contributed by atoms with Crippen LogP contribution in [0.3, 0.4) is 0 Å². The molecule has 12 heteroatoms. The number of amides is 1. The van der Waals surface area contributed by atoms with Gasteiger partial charge in [-0.3, -0.25) is 14.0 Å². The van der Waals surface area contributed by atoms with Crippen LogP contribution in [-0.2, 0) is 11.3 Å². The number of nitrogens with one attached hydrogen (secondary N) is 1. The lowest BCUT2D eigenvalue weighted by Gasteiger charge is -2.29. The van der Waals surface area contributed by atoms with Gasteiger partial charge < -0.3 is 19.7 Å². The van der Waals surface area contributed by atoms with Crippen molar-refractivity contribution < 1.29 is 19.1 Å². The van der Waals surface area contributed by atoms with Crippen molar-refractivity contribution >= 4 is 41.2 Å². The van der Waals surface area contributed by atoms with E-state index in [2.05, 4.69) is 16.4 Å². The molecule has 0 aliphatic carbocycles. The predicted molar refractivity (Wildman–Crippen MR) is 204 cm³/mol. The Morgan fingerprint density at radius 1 is 1.04 bits per heavy atom. The second-order valence-electron chi connectivity index (χ2n) is 13.5. The molecular weight excluding hydrogens is 701 g/mol. The first kappa shape index (κ1) is 36.6. The zero-order valence-corrected chi connectivity index (χ0v) is 31.1. The van der Waals surface area contributed by atoms with Gasteiger partial charge in [-0.25, -0.2) is 14.8 Å². The number of ether oxygens (including phenoxy) is 2. The first-order valence-corrected chi connectivity index (χ1v) is 17.6. The second-order valence-corrected chi connectivity index (χ2v) is 14.3. The highest BCUT2D eigenvalue weighted by molar-refractivity contribution is 6.39. The minimum Gasteiger partial charge on any atom is -0.481 e. The molecule has 5 aromatic rings. The number of benzene rings is 2. The first-order chi connectivity index (χ1) is 24.9. The molecule has 2 aromatic carbocycles. The monoisotopic (exact) mass is 739 g/mol. The second kappa shape index (κ2) is 15.2. The molecule has 10 nitrogen and oxygen atoms in total. The van der Waals surface area contributed by atoms with Gasteiger partial charge in [0.1, 0.15) is 11.2 Å². The fourth-order valence-corrected chi connectivity index (χ4v) is 6.92. The van der Waals surface area contributed by atoms with E-state index in [9.17, 15) is 14.4 Å². The van der Waals surface area contributed by atoms with Crippen molar-refractivity contribution in [3.8, 4) is 39.4 Å². The summed E-state index contributed by atoms with van der Waals surface area (Å²) in [5, 5.41) is 4.40. The highest BCUT2D eigenvalue weighted by atomic mass is 35.5. The van der Waals surface area contributed by atoms with Crippen molar-refractivity contribution in [2.75, 3.05) is 13.7 Å². The summed E-state index contributed by atoms with van der Waals surface area (Å²) in [5.41, 5.74) is 5.24. The Kier molecular flexibility index (Phi) is 10.7. The van der Waals surface area contributed by atoms with Gasteiger partial charge in [0.05, 0.1) is 35.0 Å². The molecule has 268 valence electrons. The third kappa shape index (κ3) is 7.68. The van der Waals surface area contributed by atoms with E-state index >= 15 is 0 Å². The van der Waals surface area contributed by atoms with Crippen LogP contribution in [-0.4, -0.2) is 56.9 Å². The van der Waals surface area contributed by atoms with Crippen LogP contribution < -0.4 is 15.6 Å². The average molecular weight is 741 g/mol. The quantitative estimate of drug-likeness (QED) is 0.150. The van der Waals surface area contributed by atoms with Gasteiger partial charge in [-0.2, -0.15) is 0 Å². The Labute approximate surface area is 312 Å². The van der Waals surface area contributed by atoms with E-state index in [1.54, 1.807) is 30.3 Å². The summed E-state index contributed by atoms with van der Waals surface area (Å²) in [6, 6.07) is 18.6. The number of nitrogens with zero attached hydrogens (tertiary/aromatic N) is 4. The number of hydrogen-bond acceptors (Lipinski definition) is 8. The van der Waals surface area contributed by atoms with Crippen LogP contribution in [0.1, 0.15) is 56.5 Å². The van der Waals surface area contributed by atoms with E-state index in [1.807, 2.05) is 76.2 Å². The van der Waals surface area contributed by atoms with Crippen molar-refractivity contribution in [1.29, 1.82) is 0 Å². The molecule has 52 heavy (non-hydrogen) atoms. The maximum absolute atomic E-state index is 13.4. The summed E-state index contributed by atoms with van der Waals surface area (Å²) in [6.07, 6.45) is 6.83. The number of fused-ring (bicyclic) bond motifs is 1. The topological polar surface area (TPSA) is 115 Å². The van der Waals surface area contributed by atoms with Gasteiger partial charge in [-0.1, -0.05) is 65.7 Å². The van der Waals surface area contributed by atoms with Gasteiger partial charge in [-0.15, -0.1) is 0 Å². The van der Waals surface area contributed by atoms with Gasteiger partial charge >= 0.3 is 6.09 Å². The first-order valence-electron chi connectivity index (χ1n) is 16.9. The summed E-state index contributed by atoms with van der Waals surface area (Å²) in [4.78, 5) is 48.0. The molecule has 1 aliphatic rings. The zero-order chi connectivity index (χ0) is 37.2. The minimum atomic E-state index is -0.654. The lowest BCUT2D eigenvalue weighted by molar-refractivity contribution is 0.0217. The normalized spacial score (nSPS) is 15.1. The van der Waals surface area contributed by atoms with Crippen molar-refractivity contribution in [1.82, 2.24) is 24.6 Å². The summed E-state index contributed by atoms with van der Waals surface area (Å²) in [7, 11) is 1.55. The number of allylic oxidation sites excluding steroid dienone is 2. The fraction of sp³-hybridized carbons (Fsp3) is 0.275. The van der Waals surface area contributed by atoms with E-state index in [4.69, 9.17) is 37.7 Å². The molecule has 0 saturated carbocycles. The maximum atomic E-state index is 13.4. The number of carbonyl (C=O) groups excluding carboxylic acids is 2. The smallest absolute Gasteiger partial charge is 0.410 e. The molecule has 1 amide bonds. The maximum Gasteiger partial charge on any atom is 0.410 e. The SMILES string of the molecule is CC=C1CC[C@@H](CN(Cc2ccc(-c3cccc(-c4cccc(-c5ccn6c(=O)c(C=O)cnc6c5)c4Cl)c3Cl)nc2OC)C(=O)OC(C)(C)C)N1. The molecule has 6 rings (SSSR count). The highest BCUT2D eigenvalue weighted by Crippen LogP contribution is 2.42. The Bertz CT molecular complexity index is 2260. The van der Waals surface area contributed by atoms with Crippen LogP contribution in [0.25, 0.3) is 39.2 Å². The van der Waals surface area contributed by atoms with E-state index in [0.717, 1.165) is 24.0 Å². The molecule has 4 heterocycles. The lowest BCUT2D eigenvalue weighted by atomic mass is 9.97. The van der Waals surface area contributed by atoms with Crippen molar-refractivity contribution in [3.05, 3.63) is 116 Å². The average Bonchev–Trinajstić information content (AvgIpc) is 3.59. The third-order valence-electron chi connectivity index (χ3n) is 8.82. The lowest BCUT2D eigenvalue weighted by Crippen LogP contribution is -2.43. The van der Waals surface area contributed by atoms with E-state index in [1.165, 1.54) is 16.3 Å². The number of pyridine rings is 2. The predicted octanol–water partition coefficient (Wildman–Crippen LogP) is 8.61. The van der Waals surface area contributed by atoms with Crippen LogP contribution in [0.4, 0.5) is 4.79 Å². The number of hydrogen-bond donors (Lipinski definition) is 1. The molecule has 0 radical (unpaired) electrons. The third-order valence-corrected chi connectivity index (χ3v) is 9.64. The van der Waals surface area contributed by atoms with E-state index in [-0.39, 0.29) is 18.2 Å². The Balaban J connectivity index is 1.31. The Morgan fingerprint density at radius 2 is 1.73 bits per heavy atom. The zero-order valence-electron chi connectivity index (χ0n) is 29.6. The van der Waals surface area contributed by atoms with Crippen molar-refractivity contribution in [2.45, 2.75) is 58.7 Å². The largest absolute Gasteiger partial charge is 0.481 e. The highest BCUT2D eigenvalue weighted by Gasteiger charge is 2.28. The molecule has 1 atom stereocenters. The molecule has 0 bridgehead atoms. The summed E-state index contributed by atoms with van der Waals surface area (Å²) >= 11 is 14.2. The van der Waals surface area contributed by atoms with E-state index in [0.29, 0.717) is 62.4 Å².